The number of nitrogens with one attached hydrogen (secondary N) is 1. The van der Waals surface area contributed by atoms with Crippen LogP contribution in [0.4, 0.5) is 10.3 Å². The van der Waals surface area contributed by atoms with Gasteiger partial charge in [0.2, 0.25) is 11.9 Å². The van der Waals surface area contributed by atoms with Crippen molar-refractivity contribution in [1.29, 1.82) is 0 Å². The molecule has 0 radical (unpaired) electrons. The number of nitrogens with zero attached hydrogens (tertiary/aromatic N) is 4. The number of amides is 1. The van der Waals surface area contributed by atoms with Gasteiger partial charge in [-0.1, -0.05) is 11.6 Å². The molecule has 1 fully saturated rings. The summed E-state index contributed by atoms with van der Waals surface area (Å²) in [6.45, 7) is 3.98. The fraction of sp³-hybridized carbons (Fsp3) is 0.333. The van der Waals surface area contributed by atoms with Gasteiger partial charge in [-0.25, -0.2) is 19.3 Å². The van der Waals surface area contributed by atoms with Crippen molar-refractivity contribution < 1.29 is 9.18 Å². The highest BCUT2D eigenvalue weighted by molar-refractivity contribution is 6.33. The summed E-state index contributed by atoms with van der Waals surface area (Å²) in [5, 5.41) is 3.19. The van der Waals surface area contributed by atoms with Crippen LogP contribution < -0.4 is 11.1 Å². The minimum Gasteiger partial charge on any atom is -0.368 e. The van der Waals surface area contributed by atoms with Crippen LogP contribution in [0.2, 0.25) is 5.02 Å². The predicted octanol–water partition coefficient (Wildman–Crippen LogP) is 3.40. The zero-order chi connectivity index (χ0) is 19.3. The molecule has 3 N–H and O–H groups in total. The molecule has 1 atom stereocenters. The van der Waals surface area contributed by atoms with Crippen LogP contribution in [0.1, 0.15) is 44.6 Å². The molecule has 1 amide bonds. The largest absolute Gasteiger partial charge is 0.368 e. The molecule has 9 heteroatoms. The second-order valence-electron chi connectivity index (χ2n) is 6.84. The Hall–Kier alpha value is -2.74. The number of nitrogen functional groups attached to an aromatic ring is 1. The summed E-state index contributed by atoms with van der Waals surface area (Å²) in [6, 6.07) is 2.92. The first-order valence-electron chi connectivity index (χ1n) is 8.64. The highest BCUT2D eigenvalue weighted by atomic mass is 35.5. The lowest BCUT2D eigenvalue weighted by atomic mass is 10.1. The zero-order valence-electron chi connectivity index (χ0n) is 14.8. The second kappa shape index (κ2) is 6.45. The second-order valence-corrected chi connectivity index (χ2v) is 7.25. The van der Waals surface area contributed by atoms with Gasteiger partial charge in [0.1, 0.15) is 11.3 Å². The number of nitrogens with two attached hydrogens (primary N) is 1. The first-order valence-corrected chi connectivity index (χ1v) is 9.02. The monoisotopic (exact) mass is 388 g/mol. The highest BCUT2D eigenvalue weighted by Crippen LogP contribution is 2.34. The molecule has 1 aliphatic heterocycles. The summed E-state index contributed by atoms with van der Waals surface area (Å²) in [4.78, 5) is 24.1. The van der Waals surface area contributed by atoms with E-state index in [1.54, 1.807) is 6.07 Å². The van der Waals surface area contributed by atoms with Gasteiger partial charge in [-0.05, 0) is 32.4 Å². The van der Waals surface area contributed by atoms with Crippen molar-refractivity contribution in [2.45, 2.75) is 38.8 Å². The summed E-state index contributed by atoms with van der Waals surface area (Å²) in [5.41, 5.74) is 7.38. The maximum atomic E-state index is 14.9. The molecular weight excluding hydrogens is 371 g/mol. The van der Waals surface area contributed by atoms with E-state index in [1.165, 1.54) is 12.3 Å². The molecule has 1 unspecified atom stereocenters. The molecule has 2 aromatic heterocycles. The molecule has 0 aliphatic carbocycles. The van der Waals surface area contributed by atoms with Crippen LogP contribution >= 0.6 is 11.6 Å². The van der Waals surface area contributed by atoms with Gasteiger partial charge in [-0.3, -0.25) is 4.79 Å². The molecule has 1 saturated heterocycles. The molecular formula is C18H18ClFN6O. The van der Waals surface area contributed by atoms with E-state index in [0.717, 1.165) is 0 Å². The SMILES string of the molecule is CC(C)n1c(C2CCC(=O)N2)nc2c(F)cc(-c3nc(N)ncc3Cl)cc21. The molecule has 0 spiro atoms. The van der Waals surface area contributed by atoms with Gasteiger partial charge in [0.25, 0.3) is 0 Å². The summed E-state index contributed by atoms with van der Waals surface area (Å²) in [5.74, 6) is 0.198. The number of carbonyl (C=O) groups excluding carboxylic acids is 1. The third kappa shape index (κ3) is 2.99. The average Bonchev–Trinajstić information content (AvgIpc) is 3.20. The van der Waals surface area contributed by atoms with E-state index < -0.39 is 5.82 Å². The van der Waals surface area contributed by atoms with Crippen molar-refractivity contribution in [3.8, 4) is 11.3 Å². The number of halogens is 2. The van der Waals surface area contributed by atoms with Crippen LogP contribution in [-0.2, 0) is 4.79 Å². The number of hydrogen-bond donors (Lipinski definition) is 2. The molecule has 3 heterocycles. The Labute approximate surface area is 159 Å². The predicted molar refractivity (Wildman–Crippen MR) is 101 cm³/mol. The molecule has 0 bridgehead atoms. The van der Waals surface area contributed by atoms with Gasteiger partial charge in [-0.15, -0.1) is 0 Å². The van der Waals surface area contributed by atoms with Crippen molar-refractivity contribution in [2.24, 2.45) is 0 Å². The quantitative estimate of drug-likeness (QED) is 0.716. The van der Waals surface area contributed by atoms with Gasteiger partial charge in [0.05, 0.1) is 28.5 Å². The van der Waals surface area contributed by atoms with Crippen molar-refractivity contribution in [2.75, 3.05) is 5.73 Å². The molecule has 4 rings (SSSR count). The van der Waals surface area contributed by atoms with Crippen LogP contribution in [0.3, 0.4) is 0 Å². The molecule has 3 aromatic rings. The molecule has 0 saturated carbocycles. The summed E-state index contributed by atoms with van der Waals surface area (Å²) >= 11 is 6.19. The third-order valence-corrected chi connectivity index (χ3v) is 4.91. The van der Waals surface area contributed by atoms with E-state index in [-0.39, 0.29) is 34.5 Å². The van der Waals surface area contributed by atoms with E-state index >= 15 is 0 Å². The van der Waals surface area contributed by atoms with Gasteiger partial charge in [-0.2, -0.15) is 0 Å². The average molecular weight is 389 g/mol. The highest BCUT2D eigenvalue weighted by Gasteiger charge is 2.29. The van der Waals surface area contributed by atoms with Crippen LogP contribution in [0.15, 0.2) is 18.3 Å². The Morgan fingerprint density at radius 1 is 1.37 bits per heavy atom. The molecule has 1 aromatic carbocycles. The number of imidazole rings is 1. The molecule has 27 heavy (non-hydrogen) atoms. The summed E-state index contributed by atoms with van der Waals surface area (Å²) in [7, 11) is 0. The summed E-state index contributed by atoms with van der Waals surface area (Å²) < 4.78 is 16.8. The Morgan fingerprint density at radius 3 is 2.81 bits per heavy atom. The molecule has 140 valence electrons. The van der Waals surface area contributed by atoms with Crippen LogP contribution in [0.25, 0.3) is 22.3 Å². The van der Waals surface area contributed by atoms with E-state index in [2.05, 4.69) is 20.3 Å². The minimum atomic E-state index is -0.485. The zero-order valence-corrected chi connectivity index (χ0v) is 15.6. The first kappa shape index (κ1) is 17.7. The number of rotatable bonds is 3. The normalized spacial score (nSPS) is 17.1. The van der Waals surface area contributed by atoms with E-state index in [9.17, 15) is 9.18 Å². The van der Waals surface area contributed by atoms with E-state index in [4.69, 9.17) is 17.3 Å². The number of hydrogen-bond acceptors (Lipinski definition) is 5. The lowest BCUT2D eigenvalue weighted by Crippen LogP contribution is -2.22. The lowest BCUT2D eigenvalue weighted by Gasteiger charge is -2.17. The number of carbonyl (C=O) groups is 1. The standard InChI is InChI=1S/C18H18ClFN6O/c1-8(2)26-13-6-9(15-10(19)7-22-18(21)25-15)5-11(20)16(13)24-17(26)12-3-4-14(27)23-12/h5-8,12H,3-4H2,1-2H3,(H,23,27)(H2,21,22,25). The van der Waals surface area contributed by atoms with Gasteiger partial charge in [0.15, 0.2) is 5.82 Å². The van der Waals surface area contributed by atoms with Crippen LogP contribution in [-0.4, -0.2) is 25.4 Å². The number of anilines is 1. The number of benzene rings is 1. The Bertz CT molecular complexity index is 1060. The Balaban J connectivity index is 1.95. The smallest absolute Gasteiger partial charge is 0.220 e. The minimum absolute atomic E-state index is 0.0168. The molecule has 7 nitrogen and oxygen atoms in total. The van der Waals surface area contributed by atoms with E-state index in [0.29, 0.717) is 35.4 Å². The van der Waals surface area contributed by atoms with Gasteiger partial charge >= 0.3 is 0 Å². The van der Waals surface area contributed by atoms with Gasteiger partial charge < -0.3 is 15.6 Å². The summed E-state index contributed by atoms with van der Waals surface area (Å²) in [6.07, 6.45) is 2.47. The van der Waals surface area contributed by atoms with E-state index in [1.807, 2.05) is 18.4 Å². The third-order valence-electron chi connectivity index (χ3n) is 4.64. The lowest BCUT2D eigenvalue weighted by molar-refractivity contribution is -0.119. The van der Waals surface area contributed by atoms with Crippen molar-refractivity contribution in [3.63, 3.8) is 0 Å². The van der Waals surface area contributed by atoms with Crippen LogP contribution in [0.5, 0.6) is 0 Å². The first-order chi connectivity index (χ1) is 12.8. The number of aromatic nitrogens is 4. The fourth-order valence-corrected chi connectivity index (χ4v) is 3.69. The fourth-order valence-electron chi connectivity index (χ4n) is 3.49. The Kier molecular flexibility index (Phi) is 4.22. The Morgan fingerprint density at radius 2 is 2.15 bits per heavy atom. The van der Waals surface area contributed by atoms with Gasteiger partial charge in [0, 0.05) is 18.0 Å². The van der Waals surface area contributed by atoms with Crippen LogP contribution in [0, 0.1) is 5.82 Å². The van der Waals surface area contributed by atoms with Crippen molar-refractivity contribution >= 4 is 34.5 Å². The van der Waals surface area contributed by atoms with Crippen molar-refractivity contribution in [3.05, 3.63) is 35.0 Å². The maximum absolute atomic E-state index is 14.9. The number of fused-ring (bicyclic) bond motifs is 1. The molecule has 1 aliphatic rings. The topological polar surface area (TPSA) is 98.7 Å². The maximum Gasteiger partial charge on any atom is 0.220 e. The van der Waals surface area contributed by atoms with Crippen molar-refractivity contribution in [1.82, 2.24) is 24.8 Å².